The van der Waals surface area contributed by atoms with Crippen LogP contribution in [0.4, 0.5) is 0 Å². The second-order valence-corrected chi connectivity index (χ2v) is 11.6. The van der Waals surface area contributed by atoms with Gasteiger partial charge in [0.2, 0.25) is 10.0 Å². The first-order chi connectivity index (χ1) is 16.2. The Balaban J connectivity index is 1.40. The molecule has 4 rings (SSSR count). The summed E-state index contributed by atoms with van der Waals surface area (Å²) in [6, 6.07) is 8.40. The maximum Gasteiger partial charge on any atom is 0.238 e. The number of ketones is 1. The summed E-state index contributed by atoms with van der Waals surface area (Å²) >= 11 is 0. The number of primary sulfonamides is 1. The Morgan fingerprint density at radius 3 is 2.26 bits per heavy atom. The molecule has 0 unspecified atom stereocenters. The Morgan fingerprint density at radius 1 is 0.941 bits per heavy atom. The summed E-state index contributed by atoms with van der Waals surface area (Å²) < 4.78 is 25.1. The topological polar surface area (TPSA) is 88.6 Å². The van der Waals surface area contributed by atoms with E-state index in [-0.39, 0.29) is 10.7 Å². The maximum atomic E-state index is 13.3. The lowest BCUT2D eigenvalue weighted by molar-refractivity contribution is 0.0931. The first-order valence-electron chi connectivity index (χ1n) is 12.5. The molecule has 0 atom stereocenters. The highest BCUT2D eigenvalue weighted by atomic mass is 32.2. The smallest absolute Gasteiger partial charge is 0.238 e. The molecule has 1 aliphatic carbocycles. The lowest BCUT2D eigenvalue weighted by atomic mass is 9.89. The van der Waals surface area contributed by atoms with Crippen LogP contribution < -0.4 is 5.14 Å². The van der Waals surface area contributed by atoms with E-state index in [0.717, 1.165) is 61.2 Å². The van der Waals surface area contributed by atoms with E-state index < -0.39 is 10.0 Å². The lowest BCUT2D eigenvalue weighted by Crippen LogP contribution is -2.36. The van der Waals surface area contributed by atoms with E-state index >= 15 is 0 Å². The molecule has 2 N–H and O–H groups in total. The minimum atomic E-state index is -3.73. The number of hydrogen-bond acceptors (Lipinski definition) is 5. The Hall–Kier alpha value is -2.00. The van der Waals surface area contributed by atoms with Gasteiger partial charge in [0, 0.05) is 42.3 Å². The van der Waals surface area contributed by atoms with Gasteiger partial charge in [-0.3, -0.25) is 9.69 Å². The van der Waals surface area contributed by atoms with Crippen molar-refractivity contribution < 1.29 is 13.2 Å². The van der Waals surface area contributed by atoms with Crippen LogP contribution in [0.2, 0.25) is 0 Å². The van der Waals surface area contributed by atoms with Crippen molar-refractivity contribution in [3.05, 3.63) is 47.3 Å². The fourth-order valence-corrected chi connectivity index (χ4v) is 6.13. The molecular formula is C26H38N4O3S. The Bertz CT molecular complexity index is 1100. The average Bonchev–Trinajstić information content (AvgIpc) is 2.95. The number of nitrogens with zero attached hydrogens (tertiary/aromatic N) is 3. The largest absolute Gasteiger partial charge is 0.318 e. The zero-order valence-corrected chi connectivity index (χ0v) is 21.3. The highest BCUT2D eigenvalue weighted by molar-refractivity contribution is 7.89. The second kappa shape index (κ2) is 10.7. The zero-order chi connectivity index (χ0) is 24.3. The standard InChI is InChI=1S/C26H38N4O3S/c1-20-17-25(21(2)30(20)23-9-11-24(12-10-23)34(27,32)33)26(31)19-29-14-6-13-28(15-16-29)18-22-7-4-3-5-8-22/h9-12,17,22H,3-8,13-16,18-19H2,1-2H3,(H2,27,32,33). The second-order valence-electron chi connectivity index (χ2n) is 10.0. The predicted octanol–water partition coefficient (Wildman–Crippen LogP) is 3.51. The van der Waals surface area contributed by atoms with Crippen molar-refractivity contribution in [1.29, 1.82) is 0 Å². The molecule has 0 spiro atoms. The number of sulfonamides is 1. The highest BCUT2D eigenvalue weighted by Crippen LogP contribution is 2.25. The summed E-state index contributed by atoms with van der Waals surface area (Å²) in [5, 5.41) is 5.22. The molecule has 7 nitrogen and oxygen atoms in total. The van der Waals surface area contributed by atoms with Gasteiger partial charge in [0.1, 0.15) is 0 Å². The fraction of sp³-hybridized carbons (Fsp3) is 0.577. The summed E-state index contributed by atoms with van der Waals surface area (Å²) in [5.74, 6) is 0.993. The molecule has 1 aromatic heterocycles. The third kappa shape index (κ3) is 5.97. The molecule has 0 amide bonds. The third-order valence-corrected chi connectivity index (χ3v) is 8.37. The van der Waals surface area contributed by atoms with Gasteiger partial charge in [0.15, 0.2) is 5.78 Å². The van der Waals surface area contributed by atoms with Gasteiger partial charge in [-0.15, -0.1) is 0 Å². The molecule has 1 aliphatic heterocycles. The number of Topliss-reactive ketones (excluding diaryl/α,β-unsaturated/α-hetero) is 1. The van der Waals surface area contributed by atoms with Crippen molar-refractivity contribution >= 4 is 15.8 Å². The van der Waals surface area contributed by atoms with Crippen LogP contribution in [0.15, 0.2) is 35.2 Å². The summed E-state index contributed by atoms with van der Waals surface area (Å²) in [7, 11) is -3.73. The molecule has 34 heavy (non-hydrogen) atoms. The van der Waals surface area contributed by atoms with Crippen molar-refractivity contribution in [3.8, 4) is 5.69 Å². The Morgan fingerprint density at radius 2 is 1.59 bits per heavy atom. The predicted molar refractivity (Wildman–Crippen MR) is 135 cm³/mol. The number of hydrogen-bond donors (Lipinski definition) is 1. The minimum Gasteiger partial charge on any atom is -0.318 e. The summed E-state index contributed by atoms with van der Waals surface area (Å²) in [4.78, 5) is 18.3. The van der Waals surface area contributed by atoms with Gasteiger partial charge in [-0.2, -0.15) is 0 Å². The first-order valence-corrected chi connectivity index (χ1v) is 14.1. The van der Waals surface area contributed by atoms with E-state index in [1.54, 1.807) is 12.1 Å². The van der Waals surface area contributed by atoms with E-state index in [2.05, 4.69) is 9.80 Å². The van der Waals surface area contributed by atoms with Gasteiger partial charge in [-0.05, 0) is 82.4 Å². The van der Waals surface area contributed by atoms with Crippen LogP contribution in [0.3, 0.4) is 0 Å². The normalized spacial score (nSPS) is 19.3. The SMILES string of the molecule is Cc1cc(C(=O)CN2CCCN(CC3CCCCC3)CC2)c(C)n1-c1ccc(S(N)(=O)=O)cc1. The van der Waals surface area contributed by atoms with E-state index in [9.17, 15) is 13.2 Å². The monoisotopic (exact) mass is 486 g/mol. The number of nitrogens with two attached hydrogens (primary N) is 1. The highest BCUT2D eigenvalue weighted by Gasteiger charge is 2.23. The van der Waals surface area contributed by atoms with Crippen molar-refractivity contribution in [2.75, 3.05) is 39.3 Å². The molecule has 2 aromatic rings. The van der Waals surface area contributed by atoms with E-state index in [1.807, 2.05) is 24.5 Å². The third-order valence-electron chi connectivity index (χ3n) is 7.44. The molecule has 0 bridgehead atoms. The fourth-order valence-electron chi connectivity index (χ4n) is 5.62. The Labute approximate surface area is 204 Å². The molecule has 186 valence electrons. The van der Waals surface area contributed by atoms with E-state index in [0.29, 0.717) is 6.54 Å². The molecule has 0 radical (unpaired) electrons. The van der Waals surface area contributed by atoms with Crippen molar-refractivity contribution in [2.45, 2.75) is 57.3 Å². The van der Waals surface area contributed by atoms with Gasteiger partial charge < -0.3 is 9.47 Å². The molecule has 2 fully saturated rings. The number of carbonyl (C=O) groups is 1. The van der Waals surface area contributed by atoms with Gasteiger partial charge >= 0.3 is 0 Å². The molecule has 2 heterocycles. The number of rotatable bonds is 7. The van der Waals surface area contributed by atoms with Gasteiger partial charge in [-0.1, -0.05) is 19.3 Å². The summed E-state index contributed by atoms with van der Waals surface area (Å²) in [5.41, 5.74) is 3.37. The van der Waals surface area contributed by atoms with Crippen molar-refractivity contribution in [2.24, 2.45) is 11.1 Å². The molecule has 1 aromatic carbocycles. The van der Waals surface area contributed by atoms with Crippen LogP contribution in [0, 0.1) is 19.8 Å². The number of carbonyl (C=O) groups excluding carboxylic acids is 1. The number of aromatic nitrogens is 1. The van der Waals surface area contributed by atoms with Crippen molar-refractivity contribution in [3.63, 3.8) is 0 Å². The van der Waals surface area contributed by atoms with Crippen LogP contribution in [-0.2, 0) is 10.0 Å². The molecule has 8 heteroatoms. The minimum absolute atomic E-state index is 0.0775. The quantitative estimate of drug-likeness (QED) is 0.605. The Kier molecular flexibility index (Phi) is 7.92. The molecule has 1 saturated heterocycles. The average molecular weight is 487 g/mol. The summed E-state index contributed by atoms with van der Waals surface area (Å²) in [6.45, 7) is 9.63. The molecular weight excluding hydrogens is 448 g/mol. The lowest BCUT2D eigenvalue weighted by Gasteiger charge is -2.28. The maximum absolute atomic E-state index is 13.3. The zero-order valence-electron chi connectivity index (χ0n) is 20.5. The number of aryl methyl sites for hydroxylation is 1. The van der Waals surface area contributed by atoms with Gasteiger partial charge in [0.25, 0.3) is 0 Å². The molecule has 2 aliphatic rings. The van der Waals surface area contributed by atoms with Crippen molar-refractivity contribution in [1.82, 2.24) is 14.4 Å². The van der Waals surface area contributed by atoms with E-state index in [4.69, 9.17) is 5.14 Å². The van der Waals surface area contributed by atoms with Crippen LogP contribution >= 0.6 is 0 Å². The molecule has 1 saturated carbocycles. The van der Waals surface area contributed by atoms with Gasteiger partial charge in [0.05, 0.1) is 11.4 Å². The number of benzene rings is 1. The van der Waals surface area contributed by atoms with Crippen LogP contribution in [0.25, 0.3) is 5.69 Å². The summed E-state index contributed by atoms with van der Waals surface area (Å²) in [6.07, 6.45) is 8.02. The van der Waals surface area contributed by atoms with E-state index in [1.165, 1.54) is 50.8 Å². The van der Waals surface area contributed by atoms with Crippen LogP contribution in [-0.4, -0.2) is 67.8 Å². The van der Waals surface area contributed by atoms with Crippen LogP contribution in [0.5, 0.6) is 0 Å². The first kappa shape index (κ1) is 25.1. The van der Waals surface area contributed by atoms with Crippen LogP contribution in [0.1, 0.15) is 60.3 Å². The van der Waals surface area contributed by atoms with Gasteiger partial charge in [-0.25, -0.2) is 13.6 Å².